The van der Waals surface area contributed by atoms with Crippen molar-refractivity contribution in [1.82, 2.24) is 88.0 Å². The van der Waals surface area contributed by atoms with Crippen LogP contribution >= 0.6 is 25.1 Å². The molecule has 11 heterocycles. The van der Waals surface area contributed by atoms with Gasteiger partial charge >= 0.3 is 0 Å². The molecular weight excluding hydrogens is 1560 g/mol. The molecule has 4 atom stereocenters. The van der Waals surface area contributed by atoms with Crippen LogP contribution in [0.2, 0.25) is 5.02 Å². The van der Waals surface area contributed by atoms with Gasteiger partial charge in [0.05, 0.1) is 75.2 Å². The number of anilines is 4. The molecule has 11 aromatic heterocycles. The number of fused-ring (bicyclic) bond motifs is 8. The summed E-state index contributed by atoms with van der Waals surface area (Å²) in [6, 6.07) is 64.9. The van der Waals surface area contributed by atoms with Crippen LogP contribution in [0.25, 0.3) is 105 Å². The summed E-state index contributed by atoms with van der Waals surface area (Å²) >= 11 is 6.32. The van der Waals surface area contributed by atoms with Crippen LogP contribution in [0.5, 0.6) is 0 Å². The van der Waals surface area contributed by atoms with Crippen LogP contribution in [0.4, 0.5) is 23.3 Å². The molecule has 28 heteroatoms. The number of halogens is 1. The second-order valence-corrected chi connectivity index (χ2v) is 30.5. The Kier molecular flexibility index (Phi) is 22.7. The van der Waals surface area contributed by atoms with E-state index in [0.29, 0.717) is 44.8 Å². The summed E-state index contributed by atoms with van der Waals surface area (Å²) in [5.41, 5.74) is 15.9. The third-order valence-electron chi connectivity index (χ3n) is 21.8. The summed E-state index contributed by atoms with van der Waals surface area (Å²) in [6.45, 7) is 18.1. The third-order valence-corrected chi connectivity index (χ3v) is 22.1. The van der Waals surface area contributed by atoms with Crippen LogP contribution < -0.4 is 43.5 Å². The number of hydrogen-bond acceptors (Lipinski definition) is 19. The maximum atomic E-state index is 13.7. The summed E-state index contributed by atoms with van der Waals surface area (Å²) in [5.74, 6) is 2.69. The Morgan fingerprint density at radius 3 is 1.21 bits per heavy atom. The lowest BCUT2D eigenvalue weighted by Crippen LogP contribution is -2.26. The van der Waals surface area contributed by atoms with Crippen LogP contribution in [0.1, 0.15) is 121 Å². The molecule has 1 saturated carbocycles. The van der Waals surface area contributed by atoms with E-state index in [1.54, 1.807) is 45.1 Å². The van der Waals surface area contributed by atoms with Crippen molar-refractivity contribution in [3.63, 3.8) is 0 Å². The first-order valence-electron chi connectivity index (χ1n) is 39.5. The number of para-hydroxylation sites is 2. The molecule has 0 unspecified atom stereocenters. The van der Waals surface area contributed by atoms with E-state index in [1.165, 1.54) is 19.0 Å². The van der Waals surface area contributed by atoms with Gasteiger partial charge in [-0.05, 0) is 198 Å². The highest BCUT2D eigenvalue weighted by Crippen LogP contribution is 2.39. The van der Waals surface area contributed by atoms with E-state index in [1.807, 2.05) is 243 Å². The maximum Gasteiger partial charge on any atom is 0.263 e. The fourth-order valence-electron chi connectivity index (χ4n) is 15.7. The molecule has 8 aromatic carbocycles. The Balaban J connectivity index is 0.000000120. The van der Waals surface area contributed by atoms with Gasteiger partial charge in [-0.15, -0.1) is 0 Å². The van der Waals surface area contributed by atoms with E-state index in [4.69, 9.17) is 11.6 Å². The minimum Gasteiger partial charge on any atom is -0.361 e. The van der Waals surface area contributed by atoms with Gasteiger partial charge in [0.15, 0.2) is 34.4 Å². The highest BCUT2D eigenvalue weighted by Gasteiger charge is 2.31. The van der Waals surface area contributed by atoms with Crippen molar-refractivity contribution in [2.45, 2.75) is 105 Å². The summed E-state index contributed by atoms with van der Waals surface area (Å²) < 4.78 is 7.27. The van der Waals surface area contributed by atoms with Gasteiger partial charge in [0, 0.05) is 51.3 Å². The van der Waals surface area contributed by atoms with Crippen molar-refractivity contribution in [3.8, 4) is 17.1 Å². The molecule has 1 aliphatic carbocycles. The number of aromatic nitrogens is 18. The highest BCUT2D eigenvalue weighted by molar-refractivity contribution is 7.59. The molecule has 0 saturated heterocycles. The molecule has 0 spiro atoms. The van der Waals surface area contributed by atoms with Crippen LogP contribution in [0.3, 0.4) is 0 Å². The van der Waals surface area contributed by atoms with E-state index in [2.05, 4.69) is 109 Å². The van der Waals surface area contributed by atoms with Gasteiger partial charge in [-0.25, -0.2) is 54.8 Å². The Labute approximate surface area is 704 Å². The van der Waals surface area contributed by atoms with E-state index < -0.39 is 0 Å². The summed E-state index contributed by atoms with van der Waals surface area (Å²) in [7, 11) is 0. The van der Waals surface area contributed by atoms with Crippen LogP contribution in [-0.4, -0.2) is 88.0 Å². The zero-order chi connectivity index (χ0) is 83.0. The fourth-order valence-corrected chi connectivity index (χ4v) is 16.0. The van der Waals surface area contributed by atoms with Crippen LogP contribution in [0, 0.1) is 34.6 Å². The molecule has 0 amide bonds. The molecule has 0 aliphatic heterocycles. The Hall–Kier alpha value is -14.6. The van der Waals surface area contributed by atoms with Crippen molar-refractivity contribution in [2.75, 3.05) is 21.3 Å². The van der Waals surface area contributed by atoms with Gasteiger partial charge in [-0.2, -0.15) is 13.5 Å². The molecular formula is C93H85ClN22O4S. The van der Waals surface area contributed by atoms with Gasteiger partial charge in [-0.1, -0.05) is 138 Å². The Morgan fingerprint density at radius 2 is 0.736 bits per heavy atom. The lowest BCUT2D eigenvalue weighted by atomic mass is 10.0. The Bertz CT molecular complexity index is 7380. The lowest BCUT2D eigenvalue weighted by molar-refractivity contribution is 0.636. The fraction of sp³-hybridized carbons (Fsp3) is 0.172. The normalized spacial score (nSPS) is 12.9. The van der Waals surface area contributed by atoms with Crippen molar-refractivity contribution >= 4 is 136 Å². The zero-order valence-corrected chi connectivity index (χ0v) is 69.4. The summed E-state index contributed by atoms with van der Waals surface area (Å²) in [4.78, 5) is 110. The number of nitrogens with zero attached hydrogens (tertiary/aromatic N) is 15. The van der Waals surface area contributed by atoms with Gasteiger partial charge in [0.25, 0.3) is 22.2 Å². The monoisotopic (exact) mass is 1640 g/mol. The number of aromatic amines is 3. The Morgan fingerprint density at radius 1 is 0.355 bits per heavy atom. The van der Waals surface area contributed by atoms with Gasteiger partial charge in [0.1, 0.15) is 47.7 Å². The second-order valence-electron chi connectivity index (χ2n) is 30.1. The molecule has 26 nitrogen and oxygen atoms in total. The minimum atomic E-state index is -0.209. The highest BCUT2D eigenvalue weighted by atomic mass is 35.5. The predicted octanol–water partition coefficient (Wildman–Crippen LogP) is 18.3. The number of hydrogen-bond donors (Lipinski definition) is 7. The predicted molar refractivity (Wildman–Crippen MR) is 487 cm³/mol. The summed E-state index contributed by atoms with van der Waals surface area (Å²) in [6.07, 6.45) is 12.8. The largest absolute Gasteiger partial charge is 0.361 e. The number of imidazole rings is 3. The van der Waals surface area contributed by atoms with E-state index in [0.717, 1.165) is 151 Å². The minimum absolute atomic E-state index is 0. The number of pyridine rings is 4. The second kappa shape index (κ2) is 34.2. The zero-order valence-electron chi connectivity index (χ0n) is 67.6. The van der Waals surface area contributed by atoms with E-state index in [-0.39, 0.29) is 65.9 Å². The smallest absolute Gasteiger partial charge is 0.263 e. The number of benzene rings is 8. The van der Waals surface area contributed by atoms with Crippen LogP contribution in [-0.2, 0) is 0 Å². The molecule has 1 fully saturated rings. The molecule has 20 rings (SSSR count). The molecule has 0 radical (unpaired) electrons. The lowest BCUT2D eigenvalue weighted by Gasteiger charge is -2.22. The van der Waals surface area contributed by atoms with Gasteiger partial charge < -0.3 is 40.8 Å². The van der Waals surface area contributed by atoms with E-state index in [9.17, 15) is 19.2 Å². The van der Waals surface area contributed by atoms with Crippen molar-refractivity contribution in [2.24, 2.45) is 0 Å². The third kappa shape index (κ3) is 16.0. The van der Waals surface area contributed by atoms with Crippen LogP contribution in [0.15, 0.2) is 264 Å². The molecule has 19 aromatic rings. The molecule has 0 bridgehead atoms. The van der Waals surface area contributed by atoms with Crippen molar-refractivity contribution < 1.29 is 0 Å². The molecule has 121 heavy (non-hydrogen) atoms. The SMILES string of the molecule is C[C@H](Nc1ncnc2nc[nH]c12)c1cc2cccc(Cl)c2c(=O)n1C1CC1.Cc1ccc(-n2c([C@H](C)Nc3ncnc4nc[nH]c34)cc3cccc(C)c3c2=O)cc1.Cc1cccc(-n2c([C@H](C)Nc3ncnc4nc[nH]c34)cc3cccc(C)c3c2=O)c1.Cc1cccc2cc([C@H](C)Nc3ncnc4ccccc34)n(-c3ccccc3)c(=O)c12.S. The molecule has 604 valence electrons. The van der Waals surface area contributed by atoms with Crippen molar-refractivity contribution in [3.05, 3.63) is 342 Å². The number of rotatable bonds is 16. The molecule has 1 aliphatic rings. The topological polar surface area (TPSA) is 325 Å². The average Bonchev–Trinajstić information content (AvgIpc) is 1.06. The number of aryl methyl sites for hydroxylation is 5. The first-order chi connectivity index (χ1) is 58.3. The van der Waals surface area contributed by atoms with E-state index >= 15 is 0 Å². The summed E-state index contributed by atoms with van der Waals surface area (Å²) in [5, 5.41) is 21.6. The average molecular weight is 1640 g/mol. The van der Waals surface area contributed by atoms with Gasteiger partial charge in [-0.3, -0.25) is 32.9 Å². The first-order valence-corrected chi connectivity index (χ1v) is 39.9. The van der Waals surface area contributed by atoms with Gasteiger partial charge in [0.2, 0.25) is 0 Å². The standard InChI is InChI=1S/C26H22N4O.2C24H22N6O.C19H17ClN6O.H2S/c1-17-9-8-10-19-15-23(30(26(31)24(17)19)20-11-4-3-5-12-20)18(2)29-25-21-13-6-7-14-22(21)27-16-28-25;1-14-6-4-9-18(10-14)30-19(11-17-8-5-7-15(2)20(17)24(30)31)16(3)29-23-21-22(26-12-25-21)27-13-28-23;1-14-7-9-18(10-8-14)30-19(11-17-6-4-5-15(2)20(17)24(30)31)16(3)29-23-21-22(26-12-25-21)27-13-28-23;1-10(25-18-16-17(22-8-21-16)23-9-24-18)14-7-11-3-2-4-13(20)15(11)19(27)26(14)12-5-6-12;/h3-16,18H,1-2H3,(H,27,28,29);2*4-13,16H,1-3H3,(H2,25,26,27,28,29);2-4,7-10,12H,5-6H2,1H3,(H2,21,22,23,24,25);1H2/t18-;2*16-;10-;/m0000./s1. The number of H-pyrrole nitrogens is 3. The first kappa shape index (κ1) is 80.2. The van der Waals surface area contributed by atoms with Crippen molar-refractivity contribution in [1.29, 1.82) is 0 Å². The molecule has 7 N–H and O–H groups in total. The quantitative estimate of drug-likeness (QED) is 0.0472. The number of nitrogens with one attached hydrogen (secondary N) is 7. The maximum absolute atomic E-state index is 13.7.